The Hall–Kier alpha value is -3.33. The van der Waals surface area contributed by atoms with E-state index in [2.05, 4.69) is 10.00 Å². The number of fused-ring (bicyclic) bond motifs is 1. The first kappa shape index (κ1) is 19.0. The van der Waals surface area contributed by atoms with Crippen molar-refractivity contribution in [3.8, 4) is 0 Å². The number of amides is 1. The molecule has 0 spiro atoms. The first-order chi connectivity index (χ1) is 14.0. The molecule has 0 saturated carbocycles. The topological polar surface area (TPSA) is 84.5 Å². The maximum Gasteiger partial charge on any atom is 0.271 e. The number of piperazine rings is 1. The molecule has 4 rings (SSSR count). The highest BCUT2D eigenvalue weighted by molar-refractivity contribution is 5.81. The van der Waals surface area contributed by atoms with Crippen molar-refractivity contribution < 1.29 is 14.1 Å². The highest BCUT2D eigenvalue weighted by Crippen LogP contribution is 2.21. The zero-order valence-electron chi connectivity index (χ0n) is 15.7. The largest absolute Gasteiger partial charge is 0.340 e. The van der Waals surface area contributed by atoms with Crippen molar-refractivity contribution in [2.75, 3.05) is 26.2 Å². The molecule has 1 aliphatic rings. The molecule has 1 saturated heterocycles. The molecule has 0 aliphatic carbocycles. The van der Waals surface area contributed by atoms with E-state index in [1.54, 1.807) is 29.1 Å². The van der Waals surface area contributed by atoms with Gasteiger partial charge >= 0.3 is 0 Å². The smallest absolute Gasteiger partial charge is 0.271 e. The maximum absolute atomic E-state index is 13.0. The van der Waals surface area contributed by atoms with Crippen LogP contribution >= 0.6 is 0 Å². The standard InChI is InChI=1S/C20H20FN5O3/c21-17-4-1-15(2-5-17)11-20(27)24-9-7-23(8-10-24)14-25-19-12-18(26(28)29)6-3-16(19)13-22-25/h1-6,12-13H,7-11,14H2. The van der Waals surface area contributed by atoms with Crippen LogP contribution in [0.1, 0.15) is 5.56 Å². The lowest BCUT2D eigenvalue weighted by molar-refractivity contribution is -0.384. The lowest BCUT2D eigenvalue weighted by atomic mass is 10.1. The Morgan fingerprint density at radius 2 is 1.83 bits per heavy atom. The van der Waals surface area contributed by atoms with Crippen molar-refractivity contribution in [2.45, 2.75) is 13.1 Å². The summed E-state index contributed by atoms with van der Waals surface area (Å²) in [5.41, 5.74) is 1.55. The summed E-state index contributed by atoms with van der Waals surface area (Å²) in [6.45, 7) is 3.07. The van der Waals surface area contributed by atoms with Gasteiger partial charge in [0.2, 0.25) is 5.91 Å². The van der Waals surface area contributed by atoms with Crippen molar-refractivity contribution in [1.29, 1.82) is 0 Å². The van der Waals surface area contributed by atoms with Crippen LogP contribution in [0.5, 0.6) is 0 Å². The van der Waals surface area contributed by atoms with Gasteiger partial charge in [-0.15, -0.1) is 0 Å². The van der Waals surface area contributed by atoms with Crippen molar-refractivity contribution >= 4 is 22.5 Å². The third-order valence-electron chi connectivity index (χ3n) is 5.17. The van der Waals surface area contributed by atoms with Crippen LogP contribution in [-0.4, -0.2) is 56.6 Å². The van der Waals surface area contributed by atoms with Gasteiger partial charge in [0.1, 0.15) is 5.82 Å². The van der Waals surface area contributed by atoms with Crippen molar-refractivity contribution in [3.63, 3.8) is 0 Å². The highest BCUT2D eigenvalue weighted by atomic mass is 19.1. The van der Waals surface area contributed by atoms with Crippen LogP contribution in [0.4, 0.5) is 10.1 Å². The molecule has 150 valence electrons. The van der Waals surface area contributed by atoms with Crippen LogP contribution in [0.25, 0.3) is 10.9 Å². The zero-order chi connectivity index (χ0) is 20.4. The summed E-state index contributed by atoms with van der Waals surface area (Å²) in [5, 5.41) is 16.2. The van der Waals surface area contributed by atoms with Gasteiger partial charge in [-0.05, 0) is 23.8 Å². The number of carbonyl (C=O) groups excluding carboxylic acids is 1. The first-order valence-electron chi connectivity index (χ1n) is 9.34. The van der Waals surface area contributed by atoms with Gasteiger partial charge in [-0.3, -0.25) is 24.5 Å². The SMILES string of the molecule is O=C(Cc1ccc(F)cc1)N1CCN(Cn2ncc3ccc([N+](=O)[O-])cc32)CC1. The third kappa shape index (κ3) is 4.24. The van der Waals surface area contributed by atoms with Crippen LogP contribution in [0.3, 0.4) is 0 Å². The van der Waals surface area contributed by atoms with Crippen LogP contribution in [-0.2, 0) is 17.9 Å². The Morgan fingerprint density at radius 1 is 1.10 bits per heavy atom. The molecule has 0 N–H and O–H groups in total. The van der Waals surface area contributed by atoms with Gasteiger partial charge in [0.25, 0.3) is 5.69 Å². The van der Waals surface area contributed by atoms with E-state index in [1.165, 1.54) is 24.3 Å². The average molecular weight is 397 g/mol. The number of hydrogen-bond acceptors (Lipinski definition) is 5. The van der Waals surface area contributed by atoms with E-state index in [0.717, 1.165) is 10.9 Å². The van der Waals surface area contributed by atoms with Crippen molar-refractivity contribution in [1.82, 2.24) is 19.6 Å². The summed E-state index contributed by atoms with van der Waals surface area (Å²) in [6.07, 6.45) is 1.95. The molecule has 3 aromatic rings. The van der Waals surface area contributed by atoms with E-state index in [9.17, 15) is 19.3 Å². The number of aromatic nitrogens is 2. The van der Waals surface area contributed by atoms with Gasteiger partial charge in [-0.1, -0.05) is 12.1 Å². The molecule has 0 unspecified atom stereocenters. The Kier molecular flexibility index (Phi) is 5.22. The van der Waals surface area contributed by atoms with Crippen LogP contribution < -0.4 is 0 Å². The summed E-state index contributed by atoms with van der Waals surface area (Å²) in [4.78, 5) is 27.1. The van der Waals surface area contributed by atoms with E-state index in [4.69, 9.17) is 0 Å². The Morgan fingerprint density at radius 3 is 2.52 bits per heavy atom. The van der Waals surface area contributed by atoms with Gasteiger partial charge in [-0.2, -0.15) is 5.10 Å². The molecular formula is C20H20FN5O3. The van der Waals surface area contributed by atoms with Crippen molar-refractivity contribution in [3.05, 3.63) is 70.2 Å². The molecule has 2 aromatic carbocycles. The Labute approximate surface area is 166 Å². The Balaban J connectivity index is 1.36. The van der Waals surface area contributed by atoms with Crippen LogP contribution in [0, 0.1) is 15.9 Å². The number of nitro groups is 1. The molecule has 9 heteroatoms. The molecule has 1 amide bonds. The Bertz CT molecular complexity index is 1040. The molecule has 2 heterocycles. The number of nitrogens with zero attached hydrogens (tertiary/aromatic N) is 5. The van der Waals surface area contributed by atoms with E-state index < -0.39 is 4.92 Å². The minimum absolute atomic E-state index is 0.0245. The normalized spacial score (nSPS) is 15.0. The van der Waals surface area contributed by atoms with E-state index in [0.29, 0.717) is 38.4 Å². The lowest BCUT2D eigenvalue weighted by Gasteiger charge is -2.34. The lowest BCUT2D eigenvalue weighted by Crippen LogP contribution is -2.49. The molecule has 29 heavy (non-hydrogen) atoms. The second-order valence-electron chi connectivity index (χ2n) is 7.09. The number of halogens is 1. The molecule has 8 nitrogen and oxygen atoms in total. The van der Waals surface area contributed by atoms with Gasteiger partial charge < -0.3 is 4.90 Å². The molecule has 0 bridgehead atoms. The number of benzene rings is 2. The summed E-state index contributed by atoms with van der Waals surface area (Å²) in [6, 6.07) is 10.7. The van der Waals surface area contributed by atoms with E-state index >= 15 is 0 Å². The highest BCUT2D eigenvalue weighted by Gasteiger charge is 2.22. The number of nitro benzene ring substituents is 1. The van der Waals surface area contributed by atoms with Crippen LogP contribution in [0.15, 0.2) is 48.7 Å². The molecule has 1 aliphatic heterocycles. The van der Waals surface area contributed by atoms with Crippen LogP contribution in [0.2, 0.25) is 0 Å². The summed E-state index contributed by atoms with van der Waals surface area (Å²) < 4.78 is 14.7. The monoisotopic (exact) mass is 397 g/mol. The summed E-state index contributed by atoms with van der Waals surface area (Å²) in [7, 11) is 0. The molecule has 1 aromatic heterocycles. The van der Waals surface area contributed by atoms with E-state index in [-0.39, 0.29) is 23.8 Å². The number of carbonyl (C=O) groups is 1. The van der Waals surface area contributed by atoms with Gasteiger partial charge in [0.05, 0.1) is 29.7 Å². The third-order valence-corrected chi connectivity index (χ3v) is 5.17. The maximum atomic E-state index is 13.0. The number of hydrogen-bond donors (Lipinski definition) is 0. The predicted octanol–water partition coefficient (Wildman–Crippen LogP) is 2.43. The quantitative estimate of drug-likeness (QED) is 0.488. The number of non-ortho nitro benzene ring substituents is 1. The molecular weight excluding hydrogens is 377 g/mol. The van der Waals surface area contributed by atoms with Gasteiger partial charge in [0.15, 0.2) is 0 Å². The fraction of sp³-hybridized carbons (Fsp3) is 0.300. The minimum Gasteiger partial charge on any atom is -0.340 e. The van der Waals surface area contributed by atoms with Gasteiger partial charge in [-0.25, -0.2) is 4.39 Å². The fourth-order valence-corrected chi connectivity index (χ4v) is 3.50. The minimum atomic E-state index is -0.414. The predicted molar refractivity (Wildman–Crippen MR) is 105 cm³/mol. The van der Waals surface area contributed by atoms with E-state index in [1.807, 2.05) is 4.90 Å². The zero-order valence-corrected chi connectivity index (χ0v) is 15.7. The van der Waals surface area contributed by atoms with Crippen molar-refractivity contribution in [2.24, 2.45) is 0 Å². The summed E-state index contributed by atoms with van der Waals surface area (Å²) in [5.74, 6) is -0.289. The average Bonchev–Trinajstić information content (AvgIpc) is 3.12. The fourth-order valence-electron chi connectivity index (χ4n) is 3.50. The summed E-state index contributed by atoms with van der Waals surface area (Å²) >= 11 is 0. The first-order valence-corrected chi connectivity index (χ1v) is 9.34. The van der Waals surface area contributed by atoms with Gasteiger partial charge in [0, 0.05) is 43.7 Å². The number of rotatable bonds is 5. The molecule has 0 radical (unpaired) electrons. The molecule has 0 atom stereocenters. The molecule has 1 fully saturated rings. The second kappa shape index (κ2) is 7.96. The second-order valence-corrected chi connectivity index (χ2v) is 7.09.